The van der Waals surface area contributed by atoms with Crippen molar-refractivity contribution < 1.29 is 4.79 Å². The number of amides is 2. The number of nitrogens with one attached hydrogen (secondary N) is 3. The van der Waals surface area contributed by atoms with Crippen LogP contribution in [0.3, 0.4) is 0 Å². The maximum atomic E-state index is 11.6. The summed E-state index contributed by atoms with van der Waals surface area (Å²) in [5.74, 6) is 0.803. The maximum Gasteiger partial charge on any atom is 0.339 e. The van der Waals surface area contributed by atoms with E-state index in [1.54, 1.807) is 24.4 Å². The summed E-state index contributed by atoms with van der Waals surface area (Å²) in [7, 11) is 0. The molecule has 98 valence electrons. The molecular formula is C12H14N6O. The van der Waals surface area contributed by atoms with E-state index in [0.29, 0.717) is 11.8 Å². The molecule has 2 rings (SSSR count). The Morgan fingerprint density at radius 1 is 1.16 bits per heavy atom. The van der Waals surface area contributed by atoms with Gasteiger partial charge in [0.05, 0.1) is 0 Å². The fourth-order valence-corrected chi connectivity index (χ4v) is 1.48. The number of aryl methyl sites for hydroxylation is 2. The van der Waals surface area contributed by atoms with Crippen LogP contribution in [0, 0.1) is 13.8 Å². The van der Waals surface area contributed by atoms with Crippen LogP contribution in [0.15, 0.2) is 30.5 Å². The number of pyridine rings is 1. The van der Waals surface area contributed by atoms with E-state index in [0.717, 1.165) is 11.4 Å². The Hall–Kier alpha value is -2.70. The van der Waals surface area contributed by atoms with Gasteiger partial charge in [-0.15, -0.1) is 0 Å². The smallest absolute Gasteiger partial charge is 0.291 e. The number of carbonyl (C=O) groups is 1. The molecule has 0 aromatic carbocycles. The van der Waals surface area contributed by atoms with Gasteiger partial charge in [0.15, 0.2) is 0 Å². The summed E-state index contributed by atoms with van der Waals surface area (Å²) in [5, 5.41) is 2.56. The van der Waals surface area contributed by atoms with Crippen molar-refractivity contribution in [2.75, 3.05) is 10.7 Å². The zero-order valence-corrected chi connectivity index (χ0v) is 10.6. The quantitative estimate of drug-likeness (QED) is 0.728. The van der Waals surface area contributed by atoms with Gasteiger partial charge in [0.2, 0.25) is 5.95 Å². The number of nitrogens with zero attached hydrogens (tertiary/aromatic N) is 3. The van der Waals surface area contributed by atoms with Crippen LogP contribution in [0.5, 0.6) is 0 Å². The fourth-order valence-electron chi connectivity index (χ4n) is 1.48. The van der Waals surface area contributed by atoms with Gasteiger partial charge in [-0.25, -0.2) is 25.2 Å². The number of hydrogen-bond acceptors (Lipinski definition) is 5. The summed E-state index contributed by atoms with van der Waals surface area (Å²) in [6.45, 7) is 3.71. The van der Waals surface area contributed by atoms with E-state index in [4.69, 9.17) is 0 Å². The number of carbonyl (C=O) groups excluding carboxylic acids is 1. The number of urea groups is 1. The van der Waals surface area contributed by atoms with Crippen LogP contribution in [0.1, 0.15) is 11.4 Å². The minimum atomic E-state index is -0.443. The molecule has 0 aliphatic heterocycles. The first kappa shape index (κ1) is 12.7. The molecule has 2 aromatic rings. The van der Waals surface area contributed by atoms with Crippen LogP contribution in [-0.2, 0) is 0 Å². The molecule has 0 bridgehead atoms. The monoisotopic (exact) mass is 258 g/mol. The van der Waals surface area contributed by atoms with Crippen LogP contribution in [0.4, 0.5) is 16.6 Å². The Labute approximate surface area is 110 Å². The minimum Gasteiger partial charge on any atom is -0.291 e. The number of hydrazine groups is 1. The number of aromatic nitrogens is 3. The van der Waals surface area contributed by atoms with Crippen molar-refractivity contribution >= 4 is 17.8 Å². The van der Waals surface area contributed by atoms with Gasteiger partial charge in [0.1, 0.15) is 5.82 Å². The van der Waals surface area contributed by atoms with Crippen molar-refractivity contribution in [3.63, 3.8) is 0 Å². The third-order valence-corrected chi connectivity index (χ3v) is 2.18. The first-order chi connectivity index (χ1) is 9.13. The molecule has 0 saturated heterocycles. The standard InChI is InChI=1S/C12H14N6O/c1-8-7-9(2)15-11(14-8)17-18-12(19)16-10-5-3-4-6-13-10/h3-7H,1-2H3,(H,14,15,17)(H2,13,16,18,19). The molecule has 0 unspecified atom stereocenters. The van der Waals surface area contributed by atoms with Crippen molar-refractivity contribution in [1.29, 1.82) is 0 Å². The summed E-state index contributed by atoms with van der Waals surface area (Å²) in [6.07, 6.45) is 1.59. The zero-order valence-electron chi connectivity index (χ0n) is 10.6. The minimum absolute atomic E-state index is 0.341. The second-order valence-corrected chi connectivity index (χ2v) is 3.89. The van der Waals surface area contributed by atoms with Crippen molar-refractivity contribution in [1.82, 2.24) is 20.4 Å². The summed E-state index contributed by atoms with van der Waals surface area (Å²) >= 11 is 0. The molecule has 7 nitrogen and oxygen atoms in total. The predicted molar refractivity (Wildman–Crippen MR) is 71.5 cm³/mol. The molecule has 2 heterocycles. The highest BCUT2D eigenvalue weighted by molar-refractivity contribution is 5.88. The van der Waals surface area contributed by atoms with Gasteiger partial charge in [0, 0.05) is 17.6 Å². The average molecular weight is 258 g/mol. The molecule has 2 amide bonds. The Morgan fingerprint density at radius 2 is 1.89 bits per heavy atom. The van der Waals surface area contributed by atoms with Gasteiger partial charge in [-0.3, -0.25) is 10.7 Å². The molecule has 0 atom stereocenters. The SMILES string of the molecule is Cc1cc(C)nc(NNC(=O)Nc2ccccn2)n1. The molecule has 0 fully saturated rings. The highest BCUT2D eigenvalue weighted by Gasteiger charge is 2.03. The molecule has 0 spiro atoms. The van der Waals surface area contributed by atoms with E-state index >= 15 is 0 Å². The average Bonchev–Trinajstić information content (AvgIpc) is 2.36. The first-order valence-electron chi connectivity index (χ1n) is 5.70. The Balaban J connectivity index is 1.90. The topological polar surface area (TPSA) is 91.8 Å². The lowest BCUT2D eigenvalue weighted by molar-refractivity contribution is 0.253. The van der Waals surface area contributed by atoms with Crippen molar-refractivity contribution in [2.24, 2.45) is 0 Å². The Kier molecular flexibility index (Phi) is 3.87. The molecule has 2 aromatic heterocycles. The fraction of sp³-hybridized carbons (Fsp3) is 0.167. The summed E-state index contributed by atoms with van der Waals surface area (Å²) < 4.78 is 0. The van der Waals surface area contributed by atoms with E-state index in [2.05, 4.69) is 31.1 Å². The zero-order chi connectivity index (χ0) is 13.7. The van der Waals surface area contributed by atoms with Gasteiger partial charge < -0.3 is 0 Å². The predicted octanol–water partition coefficient (Wildman–Crippen LogP) is 1.64. The third kappa shape index (κ3) is 3.91. The maximum absolute atomic E-state index is 11.6. The summed E-state index contributed by atoms with van der Waals surface area (Å²) in [5.41, 5.74) is 6.71. The lowest BCUT2D eigenvalue weighted by Gasteiger charge is -2.09. The Morgan fingerprint density at radius 3 is 2.53 bits per heavy atom. The number of hydrogen-bond donors (Lipinski definition) is 3. The van der Waals surface area contributed by atoms with Crippen molar-refractivity contribution in [2.45, 2.75) is 13.8 Å². The van der Waals surface area contributed by atoms with Gasteiger partial charge in [0.25, 0.3) is 0 Å². The number of rotatable bonds is 3. The highest BCUT2D eigenvalue weighted by Crippen LogP contribution is 2.02. The molecule has 0 aliphatic carbocycles. The lowest BCUT2D eigenvalue weighted by Crippen LogP contribution is -2.34. The number of anilines is 2. The molecule has 0 saturated carbocycles. The molecule has 19 heavy (non-hydrogen) atoms. The van der Waals surface area contributed by atoms with Gasteiger partial charge >= 0.3 is 6.03 Å². The second-order valence-electron chi connectivity index (χ2n) is 3.89. The highest BCUT2D eigenvalue weighted by atomic mass is 16.2. The van der Waals surface area contributed by atoms with E-state index in [1.165, 1.54) is 0 Å². The van der Waals surface area contributed by atoms with Gasteiger partial charge in [-0.1, -0.05) is 6.07 Å². The summed E-state index contributed by atoms with van der Waals surface area (Å²) in [6, 6.07) is 6.64. The molecule has 0 aliphatic rings. The normalized spacial score (nSPS) is 9.79. The van der Waals surface area contributed by atoms with Gasteiger partial charge in [-0.05, 0) is 32.0 Å². The molecular weight excluding hydrogens is 244 g/mol. The van der Waals surface area contributed by atoms with Crippen LogP contribution in [0.2, 0.25) is 0 Å². The Bertz CT molecular complexity index is 551. The van der Waals surface area contributed by atoms with Crippen LogP contribution in [0.25, 0.3) is 0 Å². The summed E-state index contributed by atoms with van der Waals surface area (Å²) in [4.78, 5) is 23.8. The first-order valence-corrected chi connectivity index (χ1v) is 5.70. The van der Waals surface area contributed by atoms with E-state index in [1.807, 2.05) is 19.9 Å². The molecule has 0 radical (unpaired) electrons. The van der Waals surface area contributed by atoms with Crippen LogP contribution >= 0.6 is 0 Å². The van der Waals surface area contributed by atoms with Crippen LogP contribution in [-0.4, -0.2) is 21.0 Å². The largest absolute Gasteiger partial charge is 0.339 e. The second kappa shape index (κ2) is 5.76. The van der Waals surface area contributed by atoms with Crippen molar-refractivity contribution in [3.8, 4) is 0 Å². The molecule has 7 heteroatoms. The lowest BCUT2D eigenvalue weighted by atomic mass is 10.4. The van der Waals surface area contributed by atoms with E-state index < -0.39 is 6.03 Å². The molecule has 3 N–H and O–H groups in total. The van der Waals surface area contributed by atoms with E-state index in [9.17, 15) is 4.79 Å². The third-order valence-electron chi connectivity index (χ3n) is 2.18. The van der Waals surface area contributed by atoms with Crippen LogP contribution < -0.4 is 16.2 Å². The van der Waals surface area contributed by atoms with E-state index in [-0.39, 0.29) is 0 Å². The van der Waals surface area contributed by atoms with Crippen molar-refractivity contribution in [3.05, 3.63) is 41.9 Å². The van der Waals surface area contributed by atoms with Gasteiger partial charge in [-0.2, -0.15) is 0 Å².